The van der Waals surface area contributed by atoms with Crippen molar-refractivity contribution in [1.29, 1.82) is 0 Å². The van der Waals surface area contributed by atoms with Gasteiger partial charge in [-0.2, -0.15) is 10.1 Å². The van der Waals surface area contributed by atoms with Crippen LogP contribution in [0.25, 0.3) is 10.9 Å². The first kappa shape index (κ1) is 16.3. The third-order valence-electron chi connectivity index (χ3n) is 3.32. The average molecular weight is 343 g/mol. The summed E-state index contributed by atoms with van der Waals surface area (Å²) >= 11 is 1.39. The SMILES string of the molecule is CCOc1nc(SC)ncc1C(=O)Nc1ccc2nn(C)cc2c1. The Bertz CT molecular complexity index is 893. The van der Waals surface area contributed by atoms with Gasteiger partial charge in [-0.3, -0.25) is 9.48 Å². The number of thioether (sulfide) groups is 1. The minimum atomic E-state index is -0.311. The Morgan fingerprint density at radius 3 is 3.00 bits per heavy atom. The Labute approximate surface area is 143 Å². The lowest BCUT2D eigenvalue weighted by molar-refractivity contribution is 0.102. The van der Waals surface area contributed by atoms with Crippen molar-refractivity contribution in [2.45, 2.75) is 12.1 Å². The second kappa shape index (κ2) is 6.88. The molecule has 0 fully saturated rings. The molecule has 1 aromatic carbocycles. The minimum Gasteiger partial charge on any atom is -0.477 e. The molecule has 0 aliphatic carbocycles. The highest BCUT2D eigenvalue weighted by molar-refractivity contribution is 7.98. The summed E-state index contributed by atoms with van der Waals surface area (Å²) in [6.07, 6.45) is 5.25. The monoisotopic (exact) mass is 343 g/mol. The van der Waals surface area contributed by atoms with Crippen molar-refractivity contribution in [2.24, 2.45) is 7.05 Å². The molecule has 124 valence electrons. The lowest BCUT2D eigenvalue weighted by atomic mass is 10.2. The van der Waals surface area contributed by atoms with E-state index in [1.807, 2.05) is 44.6 Å². The summed E-state index contributed by atoms with van der Waals surface area (Å²) in [5.41, 5.74) is 1.86. The van der Waals surface area contributed by atoms with Crippen LogP contribution in [0, 0.1) is 0 Å². The fourth-order valence-corrected chi connectivity index (χ4v) is 2.61. The molecule has 0 aliphatic rings. The number of carbonyl (C=O) groups excluding carboxylic acids is 1. The van der Waals surface area contributed by atoms with Crippen molar-refractivity contribution < 1.29 is 9.53 Å². The van der Waals surface area contributed by atoms with Gasteiger partial charge in [-0.1, -0.05) is 11.8 Å². The van der Waals surface area contributed by atoms with Crippen LogP contribution >= 0.6 is 11.8 Å². The summed E-state index contributed by atoms with van der Waals surface area (Å²) in [5, 5.41) is 8.68. The van der Waals surface area contributed by atoms with Crippen molar-refractivity contribution in [1.82, 2.24) is 19.7 Å². The number of hydrogen-bond acceptors (Lipinski definition) is 6. The minimum absolute atomic E-state index is 0.289. The molecule has 0 saturated carbocycles. The molecule has 2 heterocycles. The van der Waals surface area contributed by atoms with Gasteiger partial charge in [-0.05, 0) is 31.4 Å². The van der Waals surface area contributed by atoms with Crippen LogP contribution in [0.1, 0.15) is 17.3 Å². The summed E-state index contributed by atoms with van der Waals surface area (Å²) in [7, 11) is 1.86. The molecule has 0 radical (unpaired) electrons. The van der Waals surface area contributed by atoms with Crippen molar-refractivity contribution in [3.63, 3.8) is 0 Å². The number of aromatic nitrogens is 4. The van der Waals surface area contributed by atoms with Gasteiger partial charge in [0, 0.05) is 30.5 Å². The number of amides is 1. The third-order valence-corrected chi connectivity index (χ3v) is 3.88. The van der Waals surface area contributed by atoms with Gasteiger partial charge in [0.05, 0.1) is 12.1 Å². The lowest BCUT2D eigenvalue weighted by Crippen LogP contribution is -2.15. The Hall–Kier alpha value is -2.61. The Morgan fingerprint density at radius 1 is 1.42 bits per heavy atom. The molecule has 24 heavy (non-hydrogen) atoms. The first-order valence-corrected chi connectivity index (χ1v) is 8.61. The van der Waals surface area contributed by atoms with Crippen LogP contribution in [0.4, 0.5) is 5.69 Å². The van der Waals surface area contributed by atoms with Crippen LogP contribution in [0.5, 0.6) is 5.88 Å². The summed E-state index contributed by atoms with van der Waals surface area (Å²) in [5.74, 6) is -0.0221. The molecule has 3 aromatic rings. The van der Waals surface area contributed by atoms with Gasteiger partial charge in [0.1, 0.15) is 5.56 Å². The number of carbonyl (C=O) groups is 1. The standard InChI is InChI=1S/C16H17N5O2S/c1-4-23-15-12(8-17-16(19-15)24-3)14(22)18-11-5-6-13-10(7-11)9-21(2)20-13/h5-9H,4H2,1-3H3,(H,18,22). The maximum Gasteiger partial charge on any atom is 0.262 e. The van der Waals surface area contributed by atoms with Gasteiger partial charge in [0.15, 0.2) is 5.16 Å². The number of hydrogen-bond donors (Lipinski definition) is 1. The summed E-state index contributed by atoms with van der Waals surface area (Å²) in [6, 6.07) is 5.55. The smallest absolute Gasteiger partial charge is 0.262 e. The zero-order valence-electron chi connectivity index (χ0n) is 13.6. The van der Waals surface area contributed by atoms with Crippen LogP contribution in [0.2, 0.25) is 0 Å². The average Bonchev–Trinajstić information content (AvgIpc) is 2.94. The van der Waals surface area contributed by atoms with E-state index in [0.717, 1.165) is 10.9 Å². The molecule has 2 aromatic heterocycles. The number of fused-ring (bicyclic) bond motifs is 1. The van der Waals surface area contributed by atoms with Crippen molar-refractivity contribution in [3.8, 4) is 5.88 Å². The molecule has 1 amide bonds. The lowest BCUT2D eigenvalue weighted by Gasteiger charge is -2.10. The highest BCUT2D eigenvalue weighted by Gasteiger charge is 2.16. The van der Waals surface area contributed by atoms with Gasteiger partial charge in [0.2, 0.25) is 5.88 Å². The largest absolute Gasteiger partial charge is 0.477 e. The molecule has 0 aliphatic heterocycles. The molecule has 0 atom stereocenters. The van der Waals surface area contributed by atoms with Gasteiger partial charge in [-0.15, -0.1) is 0 Å². The zero-order valence-corrected chi connectivity index (χ0v) is 14.4. The normalized spacial score (nSPS) is 10.8. The van der Waals surface area contributed by atoms with E-state index in [-0.39, 0.29) is 11.8 Å². The molecule has 7 nitrogen and oxygen atoms in total. The number of aryl methyl sites for hydroxylation is 1. The highest BCUT2D eigenvalue weighted by atomic mass is 32.2. The molecular formula is C16H17N5O2S. The van der Waals surface area contributed by atoms with Crippen LogP contribution < -0.4 is 10.1 Å². The Balaban J connectivity index is 1.87. The van der Waals surface area contributed by atoms with Crippen LogP contribution in [-0.2, 0) is 7.05 Å². The van der Waals surface area contributed by atoms with Crippen molar-refractivity contribution in [3.05, 3.63) is 36.2 Å². The topological polar surface area (TPSA) is 81.9 Å². The zero-order chi connectivity index (χ0) is 17.1. The molecule has 8 heteroatoms. The van der Waals surface area contributed by atoms with Crippen LogP contribution in [0.3, 0.4) is 0 Å². The number of nitrogens with one attached hydrogen (secondary N) is 1. The summed E-state index contributed by atoms with van der Waals surface area (Å²) in [4.78, 5) is 21.0. The predicted molar refractivity (Wildman–Crippen MR) is 93.6 cm³/mol. The number of benzene rings is 1. The first-order valence-electron chi connectivity index (χ1n) is 7.39. The van der Waals surface area contributed by atoms with E-state index < -0.39 is 0 Å². The third kappa shape index (κ3) is 3.33. The van der Waals surface area contributed by atoms with Crippen molar-refractivity contribution in [2.75, 3.05) is 18.2 Å². The highest BCUT2D eigenvalue weighted by Crippen LogP contribution is 2.22. The second-order valence-corrected chi connectivity index (χ2v) is 5.81. The van der Waals surface area contributed by atoms with Gasteiger partial charge in [-0.25, -0.2) is 4.98 Å². The van der Waals surface area contributed by atoms with E-state index in [9.17, 15) is 4.79 Å². The van der Waals surface area contributed by atoms with Gasteiger partial charge < -0.3 is 10.1 Å². The number of ether oxygens (including phenoxy) is 1. The molecule has 1 N–H and O–H groups in total. The molecule has 3 rings (SSSR count). The molecule has 0 spiro atoms. The molecule has 0 bridgehead atoms. The second-order valence-electron chi connectivity index (χ2n) is 5.04. The van der Waals surface area contributed by atoms with Gasteiger partial charge in [0.25, 0.3) is 5.91 Å². The Morgan fingerprint density at radius 2 is 2.25 bits per heavy atom. The summed E-state index contributed by atoms with van der Waals surface area (Å²) < 4.78 is 7.21. The predicted octanol–water partition coefficient (Wildman–Crippen LogP) is 2.74. The van der Waals surface area contributed by atoms with Crippen LogP contribution in [0.15, 0.2) is 35.7 Å². The molecular weight excluding hydrogens is 326 g/mol. The number of nitrogens with zero attached hydrogens (tertiary/aromatic N) is 4. The quantitative estimate of drug-likeness (QED) is 0.567. The van der Waals surface area contributed by atoms with Crippen LogP contribution in [-0.4, -0.2) is 38.5 Å². The molecule has 0 saturated heterocycles. The summed E-state index contributed by atoms with van der Waals surface area (Å²) in [6.45, 7) is 2.27. The maximum absolute atomic E-state index is 12.6. The van der Waals surface area contributed by atoms with E-state index in [1.54, 1.807) is 4.68 Å². The molecule has 0 unspecified atom stereocenters. The van der Waals surface area contributed by atoms with Crippen molar-refractivity contribution >= 4 is 34.3 Å². The van der Waals surface area contributed by atoms with E-state index in [0.29, 0.717) is 23.0 Å². The van der Waals surface area contributed by atoms with E-state index in [1.165, 1.54) is 18.0 Å². The number of rotatable bonds is 5. The number of anilines is 1. The van der Waals surface area contributed by atoms with E-state index >= 15 is 0 Å². The van der Waals surface area contributed by atoms with Gasteiger partial charge >= 0.3 is 0 Å². The fourth-order valence-electron chi connectivity index (χ4n) is 2.28. The Kier molecular flexibility index (Phi) is 4.66. The van der Waals surface area contributed by atoms with E-state index in [4.69, 9.17) is 4.74 Å². The first-order chi connectivity index (χ1) is 11.6. The fraction of sp³-hybridized carbons (Fsp3) is 0.250. The maximum atomic E-state index is 12.6. The van der Waals surface area contributed by atoms with E-state index in [2.05, 4.69) is 20.4 Å².